The number of aromatic carboxylic acids is 1. The summed E-state index contributed by atoms with van der Waals surface area (Å²) in [7, 11) is 1.37. The van der Waals surface area contributed by atoms with E-state index in [9.17, 15) is 14.7 Å². The highest BCUT2D eigenvalue weighted by molar-refractivity contribution is 6.35. The van der Waals surface area contributed by atoms with Gasteiger partial charge in [-0.1, -0.05) is 60.1 Å². The fourth-order valence-electron chi connectivity index (χ4n) is 3.71. The number of fused-ring (bicyclic) bond motifs is 3. The second-order valence-corrected chi connectivity index (χ2v) is 7.17. The molecule has 1 amide bonds. The quantitative estimate of drug-likeness (QED) is 0.573. The van der Waals surface area contributed by atoms with E-state index in [-0.39, 0.29) is 34.5 Å². The summed E-state index contributed by atoms with van der Waals surface area (Å²) >= 11 is 6.20. The molecular formula is C23H18ClNO5. The van der Waals surface area contributed by atoms with E-state index in [2.05, 4.69) is 17.4 Å². The van der Waals surface area contributed by atoms with E-state index >= 15 is 0 Å². The normalized spacial score (nSPS) is 12.1. The molecule has 0 radical (unpaired) electrons. The Morgan fingerprint density at radius 1 is 1.03 bits per heavy atom. The lowest BCUT2D eigenvalue weighted by atomic mass is 9.98. The number of hydrogen-bond acceptors (Lipinski definition) is 4. The van der Waals surface area contributed by atoms with Crippen LogP contribution in [-0.4, -0.2) is 30.9 Å². The smallest absolute Gasteiger partial charge is 0.411 e. The molecule has 1 aliphatic rings. The first-order chi connectivity index (χ1) is 14.5. The van der Waals surface area contributed by atoms with Gasteiger partial charge in [-0.05, 0) is 34.4 Å². The van der Waals surface area contributed by atoms with Crippen LogP contribution in [0.3, 0.4) is 0 Å². The standard InChI is InChI=1S/C23H18ClNO5/c1-29-20-11-13(22(26)27)10-19(21(20)24)25-23(28)30-12-18-16-8-4-2-6-14(16)15-7-3-5-9-17(15)18/h2-11,18H,12H2,1H3,(H,25,28)(H,26,27). The minimum Gasteiger partial charge on any atom is -0.495 e. The number of carbonyl (C=O) groups is 2. The first-order valence-corrected chi connectivity index (χ1v) is 9.60. The van der Waals surface area contributed by atoms with E-state index in [1.807, 2.05) is 36.4 Å². The van der Waals surface area contributed by atoms with E-state index in [1.54, 1.807) is 0 Å². The van der Waals surface area contributed by atoms with Crippen LogP contribution in [0.15, 0.2) is 60.7 Å². The van der Waals surface area contributed by atoms with Gasteiger partial charge in [0.2, 0.25) is 0 Å². The van der Waals surface area contributed by atoms with E-state index in [0.717, 1.165) is 22.3 Å². The molecule has 6 nitrogen and oxygen atoms in total. The van der Waals surface area contributed by atoms with Crippen LogP contribution >= 0.6 is 11.6 Å². The molecule has 0 aliphatic heterocycles. The second kappa shape index (κ2) is 8.08. The molecular weight excluding hydrogens is 406 g/mol. The Balaban J connectivity index is 1.53. The fourth-order valence-corrected chi connectivity index (χ4v) is 3.94. The van der Waals surface area contributed by atoms with Gasteiger partial charge in [-0.15, -0.1) is 0 Å². The van der Waals surface area contributed by atoms with Gasteiger partial charge in [0.1, 0.15) is 17.4 Å². The minimum absolute atomic E-state index is 0.0646. The number of nitrogens with one attached hydrogen (secondary N) is 1. The third kappa shape index (κ3) is 3.57. The van der Waals surface area contributed by atoms with Gasteiger partial charge in [0.15, 0.2) is 0 Å². The highest BCUT2D eigenvalue weighted by atomic mass is 35.5. The Bertz CT molecular complexity index is 1100. The molecule has 7 heteroatoms. The lowest BCUT2D eigenvalue weighted by Crippen LogP contribution is -2.18. The second-order valence-electron chi connectivity index (χ2n) is 6.80. The zero-order valence-corrected chi connectivity index (χ0v) is 16.8. The minimum atomic E-state index is -1.17. The summed E-state index contributed by atoms with van der Waals surface area (Å²) in [5, 5.41) is 11.9. The highest BCUT2D eigenvalue weighted by Crippen LogP contribution is 2.44. The molecule has 0 atom stereocenters. The van der Waals surface area contributed by atoms with Crippen LogP contribution in [0.2, 0.25) is 5.02 Å². The Labute approximate surface area is 178 Å². The average molecular weight is 424 g/mol. The van der Waals surface area contributed by atoms with E-state index in [4.69, 9.17) is 21.1 Å². The van der Waals surface area contributed by atoms with Crippen LogP contribution in [0, 0.1) is 0 Å². The van der Waals surface area contributed by atoms with E-state index in [1.165, 1.54) is 19.2 Å². The van der Waals surface area contributed by atoms with Crippen LogP contribution in [0.1, 0.15) is 27.4 Å². The van der Waals surface area contributed by atoms with Gasteiger partial charge in [0, 0.05) is 5.92 Å². The number of carboxylic acid groups (broad SMARTS) is 1. The maximum atomic E-state index is 12.4. The van der Waals surface area contributed by atoms with Crippen molar-refractivity contribution in [3.05, 3.63) is 82.4 Å². The molecule has 0 aromatic heterocycles. The molecule has 3 aromatic rings. The highest BCUT2D eigenvalue weighted by Gasteiger charge is 2.29. The van der Waals surface area contributed by atoms with Crippen LogP contribution in [0.5, 0.6) is 5.75 Å². The fraction of sp³-hybridized carbons (Fsp3) is 0.130. The Morgan fingerprint density at radius 3 is 2.20 bits per heavy atom. The number of carbonyl (C=O) groups excluding carboxylic acids is 1. The zero-order valence-electron chi connectivity index (χ0n) is 16.0. The average Bonchev–Trinajstić information content (AvgIpc) is 3.07. The summed E-state index contributed by atoms with van der Waals surface area (Å²) in [5.41, 5.74) is 4.49. The number of methoxy groups -OCH3 is 1. The molecule has 0 fully saturated rings. The number of hydrogen-bond donors (Lipinski definition) is 2. The number of benzene rings is 3. The molecule has 3 aromatic carbocycles. The molecule has 30 heavy (non-hydrogen) atoms. The lowest BCUT2D eigenvalue weighted by molar-refractivity contribution is 0.0696. The van der Waals surface area contributed by atoms with Crippen LogP contribution < -0.4 is 10.1 Å². The predicted molar refractivity (Wildman–Crippen MR) is 114 cm³/mol. The molecule has 4 rings (SSSR count). The lowest BCUT2D eigenvalue weighted by Gasteiger charge is -2.16. The van der Waals surface area contributed by atoms with Crippen LogP contribution in [0.25, 0.3) is 11.1 Å². The summed E-state index contributed by atoms with van der Waals surface area (Å²) < 4.78 is 10.6. The van der Waals surface area contributed by atoms with Gasteiger partial charge in [0.25, 0.3) is 0 Å². The number of halogens is 1. The summed E-state index contributed by atoms with van der Waals surface area (Å²) in [6, 6.07) is 18.6. The van der Waals surface area contributed by atoms with Crippen molar-refractivity contribution in [2.45, 2.75) is 5.92 Å². The number of anilines is 1. The van der Waals surface area contributed by atoms with Gasteiger partial charge >= 0.3 is 12.1 Å². The van der Waals surface area contributed by atoms with Crippen molar-refractivity contribution in [3.8, 4) is 16.9 Å². The zero-order chi connectivity index (χ0) is 21.3. The molecule has 152 valence electrons. The maximum absolute atomic E-state index is 12.4. The van der Waals surface area contributed by atoms with Gasteiger partial charge < -0.3 is 14.6 Å². The van der Waals surface area contributed by atoms with Crippen molar-refractivity contribution in [2.75, 3.05) is 19.0 Å². The van der Waals surface area contributed by atoms with Crippen molar-refractivity contribution >= 4 is 29.4 Å². The molecule has 1 aliphatic carbocycles. The van der Waals surface area contributed by atoms with Gasteiger partial charge in [-0.2, -0.15) is 0 Å². The first-order valence-electron chi connectivity index (χ1n) is 9.22. The summed E-state index contributed by atoms with van der Waals surface area (Å²) in [4.78, 5) is 23.8. The van der Waals surface area contributed by atoms with Crippen molar-refractivity contribution in [2.24, 2.45) is 0 Å². The molecule has 0 spiro atoms. The number of ether oxygens (including phenoxy) is 2. The first kappa shape index (κ1) is 19.8. The summed E-state index contributed by atoms with van der Waals surface area (Å²) in [5.74, 6) is -1.11. The van der Waals surface area contributed by atoms with Gasteiger partial charge in [-0.25, -0.2) is 9.59 Å². The topological polar surface area (TPSA) is 84.9 Å². The molecule has 0 saturated heterocycles. The van der Waals surface area contributed by atoms with Gasteiger partial charge in [0.05, 0.1) is 18.4 Å². The molecule has 0 unspecified atom stereocenters. The third-order valence-corrected chi connectivity index (χ3v) is 5.48. The number of amides is 1. The number of carboxylic acids is 1. The Morgan fingerprint density at radius 2 is 1.63 bits per heavy atom. The van der Waals surface area contributed by atoms with Crippen molar-refractivity contribution < 1.29 is 24.2 Å². The number of rotatable bonds is 5. The van der Waals surface area contributed by atoms with Crippen LogP contribution in [-0.2, 0) is 4.74 Å². The van der Waals surface area contributed by atoms with Gasteiger partial charge in [-0.3, -0.25) is 5.32 Å². The molecule has 0 saturated carbocycles. The summed E-state index contributed by atoms with van der Waals surface area (Å²) in [6.07, 6.45) is -0.733. The predicted octanol–water partition coefficient (Wildman–Crippen LogP) is 5.41. The van der Waals surface area contributed by atoms with E-state index < -0.39 is 12.1 Å². The van der Waals surface area contributed by atoms with Crippen molar-refractivity contribution in [3.63, 3.8) is 0 Å². The largest absolute Gasteiger partial charge is 0.495 e. The molecule has 0 bridgehead atoms. The maximum Gasteiger partial charge on any atom is 0.411 e. The van der Waals surface area contributed by atoms with E-state index in [0.29, 0.717) is 0 Å². The molecule has 0 heterocycles. The Hall–Kier alpha value is -3.51. The third-order valence-electron chi connectivity index (χ3n) is 5.09. The SMILES string of the molecule is COc1cc(C(=O)O)cc(NC(=O)OCC2c3ccccc3-c3ccccc32)c1Cl. The summed E-state index contributed by atoms with van der Waals surface area (Å²) in [6.45, 7) is 0.132. The van der Waals surface area contributed by atoms with Crippen molar-refractivity contribution in [1.29, 1.82) is 0 Å². The molecule has 2 N–H and O–H groups in total. The van der Waals surface area contributed by atoms with Crippen molar-refractivity contribution in [1.82, 2.24) is 0 Å². The van der Waals surface area contributed by atoms with Crippen LogP contribution in [0.4, 0.5) is 10.5 Å². The monoisotopic (exact) mass is 423 g/mol. The Kier molecular flexibility index (Phi) is 5.33.